The number of aliphatic imine (C=N–C) groups is 2. The molecule has 0 saturated carbocycles. The van der Waals surface area contributed by atoms with Crippen molar-refractivity contribution in [3.63, 3.8) is 0 Å². The molecule has 2 atom stereocenters. The summed E-state index contributed by atoms with van der Waals surface area (Å²) in [5.41, 5.74) is 0. The Labute approximate surface area is 91.9 Å². The fourth-order valence-electron chi connectivity index (χ4n) is 1.03. The van der Waals surface area contributed by atoms with Crippen LogP contribution in [0.15, 0.2) is 9.98 Å². The van der Waals surface area contributed by atoms with Gasteiger partial charge < -0.3 is 5.11 Å². The van der Waals surface area contributed by atoms with Gasteiger partial charge in [-0.3, -0.25) is 20.2 Å². The molecule has 0 radical (unpaired) electrons. The highest BCUT2D eigenvalue weighted by Crippen LogP contribution is 1.92. The molecule has 0 aromatic carbocycles. The molecule has 0 spiro atoms. The molecular weight excluding hydrogens is 192 g/mol. The van der Waals surface area contributed by atoms with Gasteiger partial charge in [0.15, 0.2) is 0 Å². The summed E-state index contributed by atoms with van der Waals surface area (Å²) in [5, 5.41) is 12.4. The second kappa shape index (κ2) is 8.52. The molecule has 5 nitrogen and oxygen atoms in total. The SMILES string of the molecule is C=N/C=N\C(C)NCCCN(C)C(C)O. The van der Waals surface area contributed by atoms with Gasteiger partial charge in [-0.2, -0.15) is 0 Å². The van der Waals surface area contributed by atoms with Gasteiger partial charge in [-0.15, -0.1) is 0 Å². The Morgan fingerprint density at radius 2 is 2.20 bits per heavy atom. The van der Waals surface area contributed by atoms with Crippen LogP contribution in [0.25, 0.3) is 0 Å². The van der Waals surface area contributed by atoms with Gasteiger partial charge in [0.2, 0.25) is 0 Å². The Morgan fingerprint density at radius 1 is 1.53 bits per heavy atom. The number of hydrogen-bond donors (Lipinski definition) is 2. The Kier molecular flexibility index (Phi) is 8.08. The number of nitrogens with zero attached hydrogens (tertiary/aromatic N) is 3. The minimum absolute atomic E-state index is 0.0624. The summed E-state index contributed by atoms with van der Waals surface area (Å²) in [5.74, 6) is 0. The monoisotopic (exact) mass is 214 g/mol. The van der Waals surface area contributed by atoms with Gasteiger partial charge in [-0.05, 0) is 40.6 Å². The topological polar surface area (TPSA) is 60.2 Å². The quantitative estimate of drug-likeness (QED) is 0.265. The average molecular weight is 214 g/mol. The number of aliphatic hydroxyl groups is 1. The summed E-state index contributed by atoms with van der Waals surface area (Å²) in [6, 6.07) is 0. The molecule has 0 aromatic rings. The highest BCUT2D eigenvalue weighted by molar-refractivity contribution is 5.61. The Bertz CT molecular complexity index is 194. The molecule has 0 amide bonds. The maximum Gasteiger partial charge on any atom is 0.111 e. The molecule has 0 aliphatic rings. The molecule has 0 aliphatic heterocycles. The summed E-state index contributed by atoms with van der Waals surface area (Å²) in [6.45, 7) is 8.76. The third-order valence-electron chi connectivity index (χ3n) is 2.14. The number of aliphatic hydroxyl groups excluding tert-OH is 1. The molecular formula is C10H22N4O. The molecule has 2 N–H and O–H groups in total. The first-order chi connectivity index (χ1) is 7.07. The van der Waals surface area contributed by atoms with Crippen molar-refractivity contribution < 1.29 is 5.11 Å². The van der Waals surface area contributed by atoms with Crippen molar-refractivity contribution in [2.75, 3.05) is 20.1 Å². The van der Waals surface area contributed by atoms with Crippen molar-refractivity contribution in [3.8, 4) is 0 Å². The lowest BCUT2D eigenvalue weighted by molar-refractivity contribution is 0.0378. The Hall–Kier alpha value is -0.780. The van der Waals surface area contributed by atoms with Crippen molar-refractivity contribution in [2.24, 2.45) is 9.98 Å². The predicted octanol–water partition coefficient (Wildman–Crippen LogP) is 0.311. The van der Waals surface area contributed by atoms with Gasteiger partial charge >= 0.3 is 0 Å². The zero-order chi connectivity index (χ0) is 11.7. The molecule has 0 fully saturated rings. The highest BCUT2D eigenvalue weighted by Gasteiger charge is 2.03. The fourth-order valence-corrected chi connectivity index (χ4v) is 1.03. The molecule has 0 aliphatic carbocycles. The van der Waals surface area contributed by atoms with E-state index in [1.807, 2.05) is 18.9 Å². The minimum Gasteiger partial charge on any atom is -0.379 e. The van der Waals surface area contributed by atoms with Crippen molar-refractivity contribution in [1.82, 2.24) is 10.2 Å². The van der Waals surface area contributed by atoms with Crippen molar-refractivity contribution in [2.45, 2.75) is 32.7 Å². The first kappa shape index (κ1) is 14.2. The molecule has 0 aromatic heterocycles. The lowest BCUT2D eigenvalue weighted by Gasteiger charge is -2.19. The van der Waals surface area contributed by atoms with Gasteiger partial charge in [0, 0.05) is 6.54 Å². The third kappa shape index (κ3) is 8.23. The van der Waals surface area contributed by atoms with Gasteiger partial charge in [0.25, 0.3) is 0 Å². The first-order valence-corrected chi connectivity index (χ1v) is 5.17. The second-order valence-electron chi connectivity index (χ2n) is 3.54. The van der Waals surface area contributed by atoms with Gasteiger partial charge in [0.05, 0.1) is 6.17 Å². The zero-order valence-electron chi connectivity index (χ0n) is 9.85. The van der Waals surface area contributed by atoms with Crippen LogP contribution >= 0.6 is 0 Å². The summed E-state index contributed by atoms with van der Waals surface area (Å²) >= 11 is 0. The van der Waals surface area contributed by atoms with Gasteiger partial charge in [0.1, 0.15) is 12.6 Å². The third-order valence-corrected chi connectivity index (χ3v) is 2.14. The summed E-state index contributed by atoms with van der Waals surface area (Å²) in [6.07, 6.45) is 2.10. The van der Waals surface area contributed by atoms with E-state index in [-0.39, 0.29) is 12.4 Å². The van der Waals surface area contributed by atoms with Crippen LogP contribution in [-0.2, 0) is 0 Å². The molecule has 0 rings (SSSR count). The number of rotatable bonds is 8. The molecule has 88 valence electrons. The lowest BCUT2D eigenvalue weighted by atomic mass is 10.3. The molecule has 0 bridgehead atoms. The second-order valence-corrected chi connectivity index (χ2v) is 3.54. The minimum atomic E-state index is -0.384. The standard InChI is InChI=1S/C10H22N4O/c1-9(13-8-11-3)12-6-5-7-14(4)10(2)15/h8-10,12,15H,3,5-7H2,1-2,4H3/b13-8-. The summed E-state index contributed by atoms with van der Waals surface area (Å²) < 4.78 is 0. The molecule has 15 heavy (non-hydrogen) atoms. The Morgan fingerprint density at radius 3 is 2.73 bits per heavy atom. The van der Waals surface area contributed by atoms with Crippen LogP contribution in [0.4, 0.5) is 0 Å². The van der Waals surface area contributed by atoms with E-state index in [0.29, 0.717) is 0 Å². The van der Waals surface area contributed by atoms with Crippen molar-refractivity contribution in [3.05, 3.63) is 0 Å². The van der Waals surface area contributed by atoms with E-state index in [0.717, 1.165) is 19.5 Å². The lowest BCUT2D eigenvalue weighted by Crippen LogP contribution is -2.32. The summed E-state index contributed by atoms with van der Waals surface area (Å²) in [4.78, 5) is 9.49. The van der Waals surface area contributed by atoms with Crippen LogP contribution in [0.3, 0.4) is 0 Å². The van der Waals surface area contributed by atoms with E-state index >= 15 is 0 Å². The van der Waals surface area contributed by atoms with Gasteiger partial charge in [-0.25, -0.2) is 0 Å². The van der Waals surface area contributed by atoms with E-state index < -0.39 is 0 Å². The smallest absolute Gasteiger partial charge is 0.111 e. The average Bonchev–Trinajstić information content (AvgIpc) is 2.20. The first-order valence-electron chi connectivity index (χ1n) is 5.17. The maximum absolute atomic E-state index is 9.21. The van der Waals surface area contributed by atoms with E-state index in [2.05, 4.69) is 22.0 Å². The van der Waals surface area contributed by atoms with Crippen LogP contribution in [0.2, 0.25) is 0 Å². The predicted molar refractivity (Wildman–Crippen MR) is 64.4 cm³/mol. The van der Waals surface area contributed by atoms with E-state index in [1.54, 1.807) is 6.92 Å². The van der Waals surface area contributed by atoms with Crippen molar-refractivity contribution in [1.29, 1.82) is 0 Å². The number of hydrogen-bond acceptors (Lipinski definition) is 4. The molecule has 0 saturated heterocycles. The summed E-state index contributed by atoms with van der Waals surface area (Å²) in [7, 11) is 1.90. The van der Waals surface area contributed by atoms with Gasteiger partial charge in [-0.1, -0.05) is 0 Å². The largest absolute Gasteiger partial charge is 0.379 e. The van der Waals surface area contributed by atoms with Crippen LogP contribution in [0.1, 0.15) is 20.3 Å². The number of nitrogens with one attached hydrogen (secondary N) is 1. The maximum atomic E-state index is 9.21. The van der Waals surface area contributed by atoms with Crippen LogP contribution in [-0.4, -0.2) is 55.6 Å². The van der Waals surface area contributed by atoms with E-state index in [1.165, 1.54) is 6.34 Å². The highest BCUT2D eigenvalue weighted by atomic mass is 16.3. The van der Waals surface area contributed by atoms with Crippen LogP contribution in [0.5, 0.6) is 0 Å². The molecule has 0 heterocycles. The molecule has 2 unspecified atom stereocenters. The van der Waals surface area contributed by atoms with E-state index in [9.17, 15) is 5.11 Å². The van der Waals surface area contributed by atoms with E-state index in [4.69, 9.17) is 0 Å². The normalized spacial score (nSPS) is 15.8. The molecule has 5 heteroatoms. The van der Waals surface area contributed by atoms with Crippen molar-refractivity contribution >= 4 is 13.1 Å². The Balaban J connectivity index is 3.45. The fraction of sp³-hybridized carbons (Fsp3) is 0.800. The zero-order valence-corrected chi connectivity index (χ0v) is 9.85. The van der Waals surface area contributed by atoms with Crippen LogP contribution < -0.4 is 5.32 Å². The van der Waals surface area contributed by atoms with Crippen LogP contribution in [0, 0.1) is 0 Å².